The van der Waals surface area contributed by atoms with Gasteiger partial charge in [0, 0.05) is 28.9 Å². The van der Waals surface area contributed by atoms with E-state index in [1.165, 1.54) is 11.3 Å². The summed E-state index contributed by atoms with van der Waals surface area (Å²) in [4.78, 5) is 8.53. The average Bonchev–Trinajstić information content (AvgIpc) is 3.05. The fraction of sp³-hybridized carbons (Fsp3) is 0.0625. The second-order valence-corrected chi connectivity index (χ2v) is 5.28. The second-order valence-electron chi connectivity index (χ2n) is 4.42. The van der Waals surface area contributed by atoms with Crippen molar-refractivity contribution in [1.29, 1.82) is 0 Å². The largest absolute Gasteiger partial charge is 0.497 e. The lowest BCUT2D eigenvalue weighted by molar-refractivity contribution is 0.415. The molecule has 1 aromatic carbocycles. The number of thiazole rings is 1. The Labute approximate surface area is 132 Å². The van der Waals surface area contributed by atoms with Gasteiger partial charge in [0.2, 0.25) is 5.13 Å². The molecule has 0 radical (unpaired) electrons. The molecule has 110 valence electrons. The van der Waals surface area contributed by atoms with Crippen LogP contribution in [0.25, 0.3) is 11.3 Å². The fourth-order valence-electron chi connectivity index (χ4n) is 1.83. The normalized spacial score (nSPS) is 10.8. The van der Waals surface area contributed by atoms with Crippen molar-refractivity contribution < 1.29 is 4.74 Å². The molecule has 5 nitrogen and oxygen atoms in total. The second kappa shape index (κ2) is 6.82. The molecular weight excluding hydrogens is 296 g/mol. The molecule has 3 aromatic rings. The van der Waals surface area contributed by atoms with Gasteiger partial charge < -0.3 is 4.74 Å². The van der Waals surface area contributed by atoms with Crippen molar-refractivity contribution in [2.45, 2.75) is 0 Å². The zero-order valence-corrected chi connectivity index (χ0v) is 12.7. The lowest BCUT2D eigenvalue weighted by atomic mass is 10.2. The minimum atomic E-state index is 0.742. The van der Waals surface area contributed by atoms with Gasteiger partial charge in [0.1, 0.15) is 5.75 Å². The highest BCUT2D eigenvalue weighted by Gasteiger charge is 2.04. The lowest BCUT2D eigenvalue weighted by Crippen LogP contribution is -1.90. The molecule has 0 amide bonds. The first-order chi connectivity index (χ1) is 10.8. The molecule has 22 heavy (non-hydrogen) atoms. The third kappa shape index (κ3) is 3.48. The Morgan fingerprint density at radius 2 is 2.09 bits per heavy atom. The van der Waals surface area contributed by atoms with E-state index in [1.54, 1.807) is 25.7 Å². The predicted molar refractivity (Wildman–Crippen MR) is 89.6 cm³/mol. The van der Waals surface area contributed by atoms with Crippen molar-refractivity contribution in [2.24, 2.45) is 5.10 Å². The van der Waals surface area contributed by atoms with E-state index in [0.29, 0.717) is 0 Å². The first-order valence-electron chi connectivity index (χ1n) is 6.64. The van der Waals surface area contributed by atoms with E-state index in [9.17, 15) is 0 Å². The van der Waals surface area contributed by atoms with E-state index < -0.39 is 0 Å². The maximum absolute atomic E-state index is 5.15. The molecule has 2 heterocycles. The van der Waals surface area contributed by atoms with Gasteiger partial charge in [0.15, 0.2) is 0 Å². The number of aromatic nitrogens is 2. The summed E-state index contributed by atoms with van der Waals surface area (Å²) in [6.07, 6.45) is 5.18. The van der Waals surface area contributed by atoms with E-state index in [1.807, 2.05) is 41.8 Å². The van der Waals surface area contributed by atoms with E-state index in [-0.39, 0.29) is 0 Å². The van der Waals surface area contributed by atoms with E-state index in [4.69, 9.17) is 4.74 Å². The molecule has 1 N–H and O–H groups in total. The predicted octanol–water partition coefficient (Wildman–Crippen LogP) is 3.66. The zero-order chi connectivity index (χ0) is 15.2. The molecule has 0 saturated carbocycles. The Morgan fingerprint density at radius 1 is 1.23 bits per heavy atom. The van der Waals surface area contributed by atoms with Crippen LogP contribution in [0.5, 0.6) is 5.75 Å². The summed E-state index contributed by atoms with van der Waals surface area (Å²) >= 11 is 1.51. The molecule has 0 aliphatic carbocycles. The fourth-order valence-corrected chi connectivity index (χ4v) is 2.50. The molecule has 0 unspecified atom stereocenters. The Bertz CT molecular complexity index is 753. The number of anilines is 1. The molecule has 0 fully saturated rings. The number of pyridine rings is 1. The molecule has 0 aliphatic rings. The molecule has 2 aromatic heterocycles. The third-order valence-corrected chi connectivity index (χ3v) is 3.70. The van der Waals surface area contributed by atoms with Gasteiger partial charge in [-0.1, -0.05) is 6.07 Å². The number of benzene rings is 1. The van der Waals surface area contributed by atoms with Crippen LogP contribution in [-0.2, 0) is 0 Å². The van der Waals surface area contributed by atoms with Crippen molar-refractivity contribution in [2.75, 3.05) is 12.5 Å². The van der Waals surface area contributed by atoms with Gasteiger partial charge in [-0.05, 0) is 30.3 Å². The SMILES string of the molecule is COc1ccc(-c2csc(N/N=C\c3cccnc3)n2)cc1. The number of hydrazone groups is 1. The van der Waals surface area contributed by atoms with Crippen LogP contribution in [0.2, 0.25) is 0 Å². The number of nitrogens with one attached hydrogen (secondary N) is 1. The van der Waals surface area contributed by atoms with Crippen LogP contribution in [0.1, 0.15) is 5.56 Å². The highest BCUT2D eigenvalue weighted by atomic mass is 32.1. The van der Waals surface area contributed by atoms with Gasteiger partial charge in [0.05, 0.1) is 19.0 Å². The summed E-state index contributed by atoms with van der Waals surface area (Å²) in [5, 5.41) is 6.89. The average molecular weight is 310 g/mol. The van der Waals surface area contributed by atoms with Gasteiger partial charge in [-0.2, -0.15) is 5.10 Å². The smallest absolute Gasteiger partial charge is 0.203 e. The topological polar surface area (TPSA) is 59.4 Å². The summed E-state index contributed by atoms with van der Waals surface area (Å²) in [5.74, 6) is 0.832. The monoisotopic (exact) mass is 310 g/mol. The van der Waals surface area contributed by atoms with Crippen LogP contribution in [-0.4, -0.2) is 23.3 Å². The maximum atomic E-state index is 5.15. The number of hydrogen-bond donors (Lipinski definition) is 1. The summed E-state index contributed by atoms with van der Waals surface area (Å²) in [7, 11) is 1.65. The van der Waals surface area contributed by atoms with Crippen molar-refractivity contribution in [3.8, 4) is 17.0 Å². The van der Waals surface area contributed by atoms with Crippen LogP contribution in [0.15, 0.2) is 59.3 Å². The first-order valence-corrected chi connectivity index (χ1v) is 7.52. The summed E-state index contributed by atoms with van der Waals surface area (Å²) in [6.45, 7) is 0. The highest BCUT2D eigenvalue weighted by molar-refractivity contribution is 7.14. The Balaban J connectivity index is 1.67. The van der Waals surface area contributed by atoms with Crippen LogP contribution >= 0.6 is 11.3 Å². The van der Waals surface area contributed by atoms with Gasteiger partial charge in [-0.15, -0.1) is 11.3 Å². The standard InChI is InChI=1S/C16H14N4OS/c1-21-14-6-4-13(5-7-14)15-11-22-16(19-15)20-18-10-12-3-2-8-17-9-12/h2-11H,1H3,(H,19,20)/b18-10-. The van der Waals surface area contributed by atoms with Crippen LogP contribution < -0.4 is 10.2 Å². The first kappa shape index (κ1) is 14.2. The molecule has 6 heteroatoms. The van der Waals surface area contributed by atoms with E-state index >= 15 is 0 Å². The Kier molecular flexibility index (Phi) is 4.41. The minimum absolute atomic E-state index is 0.742. The molecule has 3 rings (SSSR count). The minimum Gasteiger partial charge on any atom is -0.497 e. The number of rotatable bonds is 5. The molecule has 0 saturated heterocycles. The highest BCUT2D eigenvalue weighted by Crippen LogP contribution is 2.26. The summed E-state index contributed by atoms with van der Waals surface area (Å²) in [6, 6.07) is 11.6. The van der Waals surface area contributed by atoms with Gasteiger partial charge in [-0.25, -0.2) is 4.98 Å². The van der Waals surface area contributed by atoms with Crippen molar-refractivity contribution in [3.05, 3.63) is 59.7 Å². The number of nitrogens with zero attached hydrogens (tertiary/aromatic N) is 3. The summed E-state index contributed by atoms with van der Waals surface area (Å²) in [5.41, 5.74) is 5.81. The summed E-state index contributed by atoms with van der Waals surface area (Å²) < 4.78 is 5.15. The van der Waals surface area contributed by atoms with E-state index in [2.05, 4.69) is 20.5 Å². The van der Waals surface area contributed by atoms with Crippen LogP contribution in [0, 0.1) is 0 Å². The molecule has 0 bridgehead atoms. The molecular formula is C16H14N4OS. The maximum Gasteiger partial charge on any atom is 0.203 e. The number of hydrogen-bond acceptors (Lipinski definition) is 6. The third-order valence-electron chi connectivity index (χ3n) is 2.95. The lowest BCUT2D eigenvalue weighted by Gasteiger charge is -2.00. The van der Waals surface area contributed by atoms with Crippen molar-refractivity contribution >= 4 is 22.7 Å². The van der Waals surface area contributed by atoms with Crippen molar-refractivity contribution in [3.63, 3.8) is 0 Å². The zero-order valence-electron chi connectivity index (χ0n) is 11.9. The quantitative estimate of drug-likeness (QED) is 0.577. The van der Waals surface area contributed by atoms with Crippen molar-refractivity contribution in [1.82, 2.24) is 9.97 Å². The Morgan fingerprint density at radius 3 is 2.82 bits per heavy atom. The number of methoxy groups -OCH3 is 1. The van der Waals surface area contributed by atoms with Gasteiger partial charge >= 0.3 is 0 Å². The Hall–Kier alpha value is -2.73. The molecule has 0 spiro atoms. The van der Waals surface area contributed by atoms with Gasteiger partial charge in [-0.3, -0.25) is 10.4 Å². The molecule has 0 atom stereocenters. The number of ether oxygens (including phenoxy) is 1. The molecule has 0 aliphatic heterocycles. The van der Waals surface area contributed by atoms with Crippen LogP contribution in [0.3, 0.4) is 0 Å². The van der Waals surface area contributed by atoms with Crippen LogP contribution in [0.4, 0.5) is 5.13 Å². The van der Waals surface area contributed by atoms with E-state index in [0.717, 1.165) is 27.7 Å². The van der Waals surface area contributed by atoms with Gasteiger partial charge in [0.25, 0.3) is 0 Å².